The number of fused-ring (bicyclic) bond motifs is 1. The summed E-state index contributed by atoms with van der Waals surface area (Å²) in [7, 11) is 0. The summed E-state index contributed by atoms with van der Waals surface area (Å²) < 4.78 is 3.35. The van der Waals surface area contributed by atoms with Gasteiger partial charge in [-0.1, -0.05) is 42.5 Å². The Morgan fingerprint density at radius 1 is 0.971 bits per heavy atom. The van der Waals surface area contributed by atoms with Gasteiger partial charge in [-0.3, -0.25) is 4.79 Å². The van der Waals surface area contributed by atoms with Crippen LogP contribution in [0.5, 0.6) is 5.75 Å². The van der Waals surface area contributed by atoms with Crippen LogP contribution < -0.4 is 0 Å². The highest BCUT2D eigenvalue weighted by molar-refractivity contribution is 9.10. The van der Waals surface area contributed by atoms with Gasteiger partial charge in [0.1, 0.15) is 11.6 Å². The molecule has 4 aromatic rings. The molecule has 2 fully saturated rings. The first-order chi connectivity index (χ1) is 16.6. The van der Waals surface area contributed by atoms with Crippen molar-refractivity contribution in [1.29, 1.82) is 0 Å². The summed E-state index contributed by atoms with van der Waals surface area (Å²) in [5, 5.41) is 9.83. The lowest BCUT2D eigenvalue weighted by atomic mass is 10.0. The number of aromatic nitrogens is 2. The molecule has 6 heteroatoms. The average molecular weight is 516 g/mol. The van der Waals surface area contributed by atoms with Gasteiger partial charge < -0.3 is 14.6 Å². The molecule has 2 aliphatic rings. The van der Waals surface area contributed by atoms with E-state index < -0.39 is 0 Å². The number of rotatable bonds is 5. The molecular weight excluding hydrogens is 490 g/mol. The van der Waals surface area contributed by atoms with Gasteiger partial charge in [0.15, 0.2) is 0 Å². The molecule has 1 amide bonds. The highest BCUT2D eigenvalue weighted by atomic mass is 79.9. The summed E-state index contributed by atoms with van der Waals surface area (Å²) >= 11 is 3.75. The van der Waals surface area contributed by atoms with Gasteiger partial charge in [-0.2, -0.15) is 0 Å². The molecule has 1 aliphatic carbocycles. The van der Waals surface area contributed by atoms with Gasteiger partial charge in [-0.15, -0.1) is 0 Å². The van der Waals surface area contributed by atoms with Crippen LogP contribution in [0.15, 0.2) is 71.2 Å². The predicted octanol–water partition coefficient (Wildman–Crippen LogP) is 6.10. The van der Waals surface area contributed by atoms with Crippen molar-refractivity contribution in [2.45, 2.75) is 25.8 Å². The Morgan fingerprint density at radius 3 is 2.50 bits per heavy atom. The molecular formula is C28H26BrN3O2. The maximum absolute atomic E-state index is 12.6. The number of benzene rings is 3. The van der Waals surface area contributed by atoms with Crippen LogP contribution in [0.2, 0.25) is 0 Å². The molecule has 172 valence electrons. The Balaban J connectivity index is 1.33. The van der Waals surface area contributed by atoms with E-state index in [2.05, 4.69) is 61.8 Å². The lowest BCUT2D eigenvalue weighted by Crippen LogP contribution is -2.30. The molecule has 0 bridgehead atoms. The van der Waals surface area contributed by atoms with Gasteiger partial charge in [-0.25, -0.2) is 4.98 Å². The van der Waals surface area contributed by atoms with Gasteiger partial charge in [0.25, 0.3) is 0 Å². The van der Waals surface area contributed by atoms with Gasteiger partial charge in [0.2, 0.25) is 5.91 Å². The van der Waals surface area contributed by atoms with Crippen LogP contribution in [0.4, 0.5) is 0 Å². The molecule has 1 aliphatic heterocycles. The number of phenols is 1. The van der Waals surface area contributed by atoms with E-state index in [0.717, 1.165) is 76.9 Å². The summed E-state index contributed by atoms with van der Waals surface area (Å²) in [5.74, 6) is 2.25. The quantitative estimate of drug-likeness (QED) is 0.349. The third kappa shape index (κ3) is 4.00. The fraction of sp³-hybridized carbons (Fsp3) is 0.286. The predicted molar refractivity (Wildman–Crippen MR) is 137 cm³/mol. The molecule has 1 saturated carbocycles. The standard InChI is InChI=1S/C28H26BrN3O2/c29-24-5-2-6-25-26(24)32(17-18-13-14-31(16-18)28(34)21-11-12-21)27(30-25)20-9-7-19(8-10-20)22-3-1-4-23(33)15-22/h1-10,15,18,21,33H,11-14,16-17H2/t18-/m1/s1. The summed E-state index contributed by atoms with van der Waals surface area (Å²) in [6.07, 6.45) is 3.14. The second kappa shape index (κ2) is 8.58. The van der Waals surface area contributed by atoms with Crippen molar-refractivity contribution in [1.82, 2.24) is 14.5 Å². The molecule has 1 N–H and O–H groups in total. The van der Waals surface area contributed by atoms with E-state index in [1.54, 1.807) is 12.1 Å². The van der Waals surface area contributed by atoms with Crippen molar-refractivity contribution in [2.24, 2.45) is 11.8 Å². The van der Waals surface area contributed by atoms with Crippen molar-refractivity contribution in [3.8, 4) is 28.3 Å². The van der Waals surface area contributed by atoms with Crippen LogP contribution in [-0.4, -0.2) is 38.6 Å². The van der Waals surface area contributed by atoms with E-state index in [4.69, 9.17) is 4.98 Å². The normalized spacial score (nSPS) is 18.0. The molecule has 34 heavy (non-hydrogen) atoms. The zero-order valence-corrected chi connectivity index (χ0v) is 20.4. The summed E-state index contributed by atoms with van der Waals surface area (Å²) in [4.78, 5) is 19.6. The first kappa shape index (κ1) is 21.4. The molecule has 1 aromatic heterocycles. The zero-order chi connectivity index (χ0) is 23.2. The zero-order valence-electron chi connectivity index (χ0n) is 18.8. The fourth-order valence-electron chi connectivity index (χ4n) is 5.07. The van der Waals surface area contributed by atoms with E-state index in [1.165, 1.54) is 0 Å². The highest BCUT2D eigenvalue weighted by Crippen LogP contribution is 2.35. The first-order valence-corrected chi connectivity index (χ1v) is 12.7. The average Bonchev–Trinajstić information content (AvgIpc) is 3.48. The number of likely N-dealkylation sites (tertiary alicyclic amines) is 1. The molecule has 1 saturated heterocycles. The lowest BCUT2D eigenvalue weighted by molar-refractivity contribution is -0.131. The molecule has 1 atom stereocenters. The number of halogens is 1. The van der Waals surface area contributed by atoms with E-state index >= 15 is 0 Å². The smallest absolute Gasteiger partial charge is 0.225 e. The number of para-hydroxylation sites is 1. The Bertz CT molecular complexity index is 1370. The van der Waals surface area contributed by atoms with Crippen LogP contribution in [0.3, 0.4) is 0 Å². The molecule has 0 unspecified atom stereocenters. The van der Waals surface area contributed by atoms with Crippen molar-refractivity contribution in [2.75, 3.05) is 13.1 Å². The van der Waals surface area contributed by atoms with Gasteiger partial charge >= 0.3 is 0 Å². The molecule has 6 rings (SSSR count). The van der Waals surface area contributed by atoms with Crippen molar-refractivity contribution >= 4 is 32.9 Å². The monoisotopic (exact) mass is 515 g/mol. The third-order valence-electron chi connectivity index (χ3n) is 7.00. The minimum Gasteiger partial charge on any atom is -0.508 e. The molecule has 0 radical (unpaired) electrons. The number of phenolic OH excluding ortho intramolecular Hbond substituents is 1. The molecule has 5 nitrogen and oxygen atoms in total. The van der Waals surface area contributed by atoms with Crippen molar-refractivity contribution < 1.29 is 9.90 Å². The number of aromatic hydroxyl groups is 1. The minimum absolute atomic E-state index is 0.263. The number of hydrogen-bond donors (Lipinski definition) is 1. The fourth-order valence-corrected chi connectivity index (χ4v) is 5.64. The van der Waals surface area contributed by atoms with Crippen LogP contribution in [0.25, 0.3) is 33.5 Å². The van der Waals surface area contributed by atoms with Crippen LogP contribution in [-0.2, 0) is 11.3 Å². The number of nitrogens with zero attached hydrogens (tertiary/aromatic N) is 3. The van der Waals surface area contributed by atoms with Gasteiger partial charge in [0, 0.05) is 35.6 Å². The topological polar surface area (TPSA) is 58.4 Å². The molecule has 0 spiro atoms. The van der Waals surface area contributed by atoms with E-state index in [9.17, 15) is 9.90 Å². The van der Waals surface area contributed by atoms with Crippen LogP contribution in [0, 0.1) is 11.8 Å². The highest BCUT2D eigenvalue weighted by Gasteiger charge is 2.36. The second-order valence-electron chi connectivity index (χ2n) is 9.49. The van der Waals surface area contributed by atoms with Crippen LogP contribution >= 0.6 is 15.9 Å². The van der Waals surface area contributed by atoms with E-state index in [1.807, 2.05) is 18.2 Å². The summed E-state index contributed by atoms with van der Waals surface area (Å²) in [5.41, 5.74) is 5.14. The van der Waals surface area contributed by atoms with Crippen molar-refractivity contribution in [3.05, 3.63) is 71.2 Å². The lowest BCUT2D eigenvalue weighted by Gasteiger charge is -2.18. The Kier molecular flexibility index (Phi) is 5.41. The van der Waals surface area contributed by atoms with Crippen molar-refractivity contribution in [3.63, 3.8) is 0 Å². The Labute approximate surface area is 207 Å². The number of imidazole rings is 1. The number of carbonyl (C=O) groups excluding carboxylic acids is 1. The maximum Gasteiger partial charge on any atom is 0.225 e. The summed E-state index contributed by atoms with van der Waals surface area (Å²) in [6, 6.07) is 21.8. The minimum atomic E-state index is 0.263. The van der Waals surface area contributed by atoms with Crippen LogP contribution in [0.1, 0.15) is 19.3 Å². The Hall–Kier alpha value is -3.12. The second-order valence-corrected chi connectivity index (χ2v) is 10.3. The van der Waals surface area contributed by atoms with E-state index in [-0.39, 0.29) is 11.7 Å². The molecule has 3 aromatic carbocycles. The Morgan fingerprint density at radius 2 is 1.74 bits per heavy atom. The third-order valence-corrected chi connectivity index (χ3v) is 7.64. The summed E-state index contributed by atoms with van der Waals surface area (Å²) in [6.45, 7) is 2.52. The van der Waals surface area contributed by atoms with E-state index in [0.29, 0.717) is 11.8 Å². The molecule has 2 heterocycles. The first-order valence-electron chi connectivity index (χ1n) is 11.9. The number of carbonyl (C=O) groups is 1. The number of hydrogen-bond acceptors (Lipinski definition) is 3. The van der Waals surface area contributed by atoms with Gasteiger partial charge in [0.05, 0.1) is 11.0 Å². The van der Waals surface area contributed by atoms with Gasteiger partial charge in [-0.05, 0) is 76.5 Å². The SMILES string of the molecule is O=C(C1CC1)N1CC[C@@H](Cn2c(-c3ccc(-c4cccc(O)c4)cc3)nc3cccc(Br)c32)C1. The number of amides is 1. The maximum atomic E-state index is 12.6. The largest absolute Gasteiger partial charge is 0.508 e.